The molecule has 0 amide bonds. The van der Waals surface area contributed by atoms with Gasteiger partial charge in [0.2, 0.25) is 0 Å². The van der Waals surface area contributed by atoms with Gasteiger partial charge in [0.15, 0.2) is 0 Å². The number of hydrogen-bond donors (Lipinski definition) is 1. The Morgan fingerprint density at radius 3 is 2.63 bits per heavy atom. The van der Waals surface area contributed by atoms with E-state index in [1.54, 1.807) is 0 Å². The first kappa shape index (κ1) is 13.1. The van der Waals surface area contributed by atoms with Gasteiger partial charge in [-0.25, -0.2) is 0 Å². The van der Waals surface area contributed by atoms with E-state index >= 15 is 0 Å². The van der Waals surface area contributed by atoms with Crippen molar-refractivity contribution in [2.75, 3.05) is 13.1 Å². The van der Waals surface area contributed by atoms with Crippen LogP contribution >= 0.6 is 0 Å². The summed E-state index contributed by atoms with van der Waals surface area (Å²) in [5.41, 5.74) is 1.46. The Bertz CT molecular complexity index is 403. The summed E-state index contributed by atoms with van der Waals surface area (Å²) in [6.45, 7) is 7.11. The summed E-state index contributed by atoms with van der Waals surface area (Å²) in [6, 6.07) is 13.1. The summed E-state index contributed by atoms with van der Waals surface area (Å²) in [4.78, 5) is 2.79. The standard InChI is InChI=1S/C17H26N2/c1-3-16-11-18-15(10-14-7-5-4-6-8-14)12-19(16)17-9-13(17)2/h4-8,13,15-18H,3,9-12H2,1-2H3. The zero-order valence-corrected chi connectivity index (χ0v) is 12.2. The third-order valence-corrected chi connectivity index (χ3v) is 4.83. The van der Waals surface area contributed by atoms with Gasteiger partial charge in [0.1, 0.15) is 0 Å². The van der Waals surface area contributed by atoms with Crippen LogP contribution in [0.25, 0.3) is 0 Å². The number of piperazine rings is 1. The quantitative estimate of drug-likeness (QED) is 0.893. The molecule has 4 unspecified atom stereocenters. The third-order valence-electron chi connectivity index (χ3n) is 4.83. The van der Waals surface area contributed by atoms with Crippen LogP contribution in [-0.4, -0.2) is 36.1 Å². The van der Waals surface area contributed by atoms with Gasteiger partial charge >= 0.3 is 0 Å². The molecule has 0 bridgehead atoms. The van der Waals surface area contributed by atoms with E-state index < -0.39 is 0 Å². The second kappa shape index (κ2) is 5.64. The molecule has 1 aliphatic carbocycles. The second-order valence-corrected chi connectivity index (χ2v) is 6.33. The van der Waals surface area contributed by atoms with Gasteiger partial charge in [0, 0.05) is 31.2 Å². The molecule has 1 saturated carbocycles. The summed E-state index contributed by atoms with van der Waals surface area (Å²) >= 11 is 0. The summed E-state index contributed by atoms with van der Waals surface area (Å²) in [7, 11) is 0. The summed E-state index contributed by atoms with van der Waals surface area (Å²) in [5, 5.41) is 3.75. The molecule has 0 radical (unpaired) electrons. The predicted octanol–water partition coefficient (Wildman–Crippen LogP) is 2.69. The normalized spacial score (nSPS) is 35.3. The van der Waals surface area contributed by atoms with Crippen molar-refractivity contribution in [1.82, 2.24) is 10.2 Å². The van der Waals surface area contributed by atoms with E-state index in [4.69, 9.17) is 0 Å². The molecule has 1 aromatic carbocycles. The van der Waals surface area contributed by atoms with Crippen LogP contribution in [0.15, 0.2) is 30.3 Å². The summed E-state index contributed by atoms with van der Waals surface area (Å²) in [6.07, 6.45) is 3.84. The third kappa shape index (κ3) is 3.01. The van der Waals surface area contributed by atoms with E-state index in [9.17, 15) is 0 Å². The van der Waals surface area contributed by atoms with E-state index in [1.807, 2.05) is 0 Å². The highest BCUT2D eigenvalue weighted by molar-refractivity contribution is 5.16. The van der Waals surface area contributed by atoms with Crippen molar-refractivity contribution < 1.29 is 0 Å². The molecular weight excluding hydrogens is 232 g/mol. The lowest BCUT2D eigenvalue weighted by atomic mass is 10.0. The molecule has 0 aromatic heterocycles. The van der Waals surface area contributed by atoms with Crippen LogP contribution in [0, 0.1) is 5.92 Å². The number of rotatable bonds is 4. The highest BCUT2D eigenvalue weighted by Gasteiger charge is 2.42. The summed E-state index contributed by atoms with van der Waals surface area (Å²) < 4.78 is 0. The molecule has 1 aliphatic heterocycles. The van der Waals surface area contributed by atoms with Crippen molar-refractivity contribution in [3.8, 4) is 0 Å². The molecule has 19 heavy (non-hydrogen) atoms. The average Bonchev–Trinajstić information content (AvgIpc) is 3.17. The second-order valence-electron chi connectivity index (χ2n) is 6.33. The number of benzene rings is 1. The first-order valence-electron chi connectivity index (χ1n) is 7.81. The minimum atomic E-state index is 0.623. The molecule has 0 spiro atoms. The Balaban J connectivity index is 1.62. The van der Waals surface area contributed by atoms with Crippen LogP contribution in [0.3, 0.4) is 0 Å². The average molecular weight is 258 g/mol. The predicted molar refractivity (Wildman–Crippen MR) is 80.3 cm³/mol. The maximum atomic E-state index is 3.75. The van der Waals surface area contributed by atoms with Crippen LogP contribution in [-0.2, 0) is 6.42 Å². The lowest BCUT2D eigenvalue weighted by molar-refractivity contribution is 0.113. The van der Waals surface area contributed by atoms with Crippen LogP contribution in [0.4, 0.5) is 0 Å². The lowest BCUT2D eigenvalue weighted by Gasteiger charge is -2.40. The topological polar surface area (TPSA) is 15.3 Å². The zero-order chi connectivity index (χ0) is 13.2. The Morgan fingerprint density at radius 2 is 2.00 bits per heavy atom. The number of nitrogens with one attached hydrogen (secondary N) is 1. The maximum absolute atomic E-state index is 3.75. The fourth-order valence-corrected chi connectivity index (χ4v) is 3.47. The van der Waals surface area contributed by atoms with Crippen molar-refractivity contribution in [2.24, 2.45) is 5.92 Å². The van der Waals surface area contributed by atoms with Crippen LogP contribution in [0.5, 0.6) is 0 Å². The van der Waals surface area contributed by atoms with Gasteiger partial charge in [-0.2, -0.15) is 0 Å². The zero-order valence-electron chi connectivity index (χ0n) is 12.2. The number of nitrogens with zero attached hydrogens (tertiary/aromatic N) is 1. The SMILES string of the molecule is CCC1CNC(Cc2ccccc2)CN1C1CC1C. The molecule has 1 N–H and O–H groups in total. The van der Waals surface area contributed by atoms with Gasteiger partial charge in [0.05, 0.1) is 0 Å². The van der Waals surface area contributed by atoms with E-state index in [0.29, 0.717) is 6.04 Å². The Labute approximate surface area is 117 Å². The van der Waals surface area contributed by atoms with Crippen molar-refractivity contribution >= 4 is 0 Å². The molecule has 1 aromatic rings. The monoisotopic (exact) mass is 258 g/mol. The minimum Gasteiger partial charge on any atom is -0.311 e. The van der Waals surface area contributed by atoms with Crippen LogP contribution in [0.1, 0.15) is 32.3 Å². The fraction of sp³-hybridized carbons (Fsp3) is 0.647. The van der Waals surface area contributed by atoms with E-state index in [1.165, 1.54) is 24.9 Å². The molecule has 2 heteroatoms. The van der Waals surface area contributed by atoms with E-state index in [-0.39, 0.29) is 0 Å². The smallest absolute Gasteiger partial charge is 0.0236 e. The van der Waals surface area contributed by atoms with Gasteiger partial charge in [-0.05, 0) is 30.7 Å². The minimum absolute atomic E-state index is 0.623. The highest BCUT2D eigenvalue weighted by atomic mass is 15.3. The van der Waals surface area contributed by atoms with Crippen molar-refractivity contribution in [3.63, 3.8) is 0 Å². The molecule has 1 heterocycles. The first-order chi connectivity index (χ1) is 9.28. The Hall–Kier alpha value is -0.860. The number of hydrogen-bond acceptors (Lipinski definition) is 2. The first-order valence-corrected chi connectivity index (χ1v) is 7.81. The molecule has 2 nitrogen and oxygen atoms in total. The van der Waals surface area contributed by atoms with Crippen LogP contribution in [0.2, 0.25) is 0 Å². The van der Waals surface area contributed by atoms with Crippen LogP contribution < -0.4 is 5.32 Å². The largest absolute Gasteiger partial charge is 0.311 e. The van der Waals surface area contributed by atoms with E-state index in [2.05, 4.69) is 54.4 Å². The Morgan fingerprint density at radius 1 is 1.26 bits per heavy atom. The molecular formula is C17H26N2. The van der Waals surface area contributed by atoms with Gasteiger partial charge in [0.25, 0.3) is 0 Å². The molecule has 1 saturated heterocycles. The van der Waals surface area contributed by atoms with Gasteiger partial charge < -0.3 is 5.32 Å². The van der Waals surface area contributed by atoms with Gasteiger partial charge in [-0.3, -0.25) is 4.90 Å². The fourth-order valence-electron chi connectivity index (χ4n) is 3.47. The molecule has 104 valence electrons. The molecule has 2 fully saturated rings. The molecule has 2 aliphatic rings. The van der Waals surface area contributed by atoms with Gasteiger partial charge in [-0.15, -0.1) is 0 Å². The lowest BCUT2D eigenvalue weighted by Crippen LogP contribution is -2.57. The van der Waals surface area contributed by atoms with Gasteiger partial charge in [-0.1, -0.05) is 44.2 Å². The van der Waals surface area contributed by atoms with Crippen molar-refractivity contribution in [1.29, 1.82) is 0 Å². The van der Waals surface area contributed by atoms with E-state index in [0.717, 1.165) is 31.0 Å². The summed E-state index contributed by atoms with van der Waals surface area (Å²) in [5.74, 6) is 0.921. The maximum Gasteiger partial charge on any atom is 0.0236 e. The Kier molecular flexibility index (Phi) is 3.90. The molecule has 4 atom stereocenters. The highest BCUT2D eigenvalue weighted by Crippen LogP contribution is 2.37. The molecule has 3 rings (SSSR count). The van der Waals surface area contributed by atoms with Crippen molar-refractivity contribution in [2.45, 2.75) is 51.2 Å². The van der Waals surface area contributed by atoms with Crippen molar-refractivity contribution in [3.05, 3.63) is 35.9 Å².